The minimum atomic E-state index is -1.77. The van der Waals surface area contributed by atoms with Crippen molar-refractivity contribution >= 4 is 35.3 Å². The Morgan fingerprint density at radius 3 is 2.59 bits per heavy atom. The zero-order valence-corrected chi connectivity index (χ0v) is 27.3. The maximum atomic E-state index is 13.8. The number of benzene rings is 1. The Labute approximate surface area is 263 Å². The summed E-state index contributed by atoms with van der Waals surface area (Å²) in [5.74, 6) is -1.30. The van der Waals surface area contributed by atoms with Crippen molar-refractivity contribution in [1.29, 1.82) is 0 Å². The summed E-state index contributed by atoms with van der Waals surface area (Å²) in [4.78, 5) is 40.7. The molecule has 3 aliphatic rings. The molecular weight excluding hydrogens is 592 g/mol. The number of halogens is 1. The van der Waals surface area contributed by atoms with Gasteiger partial charge in [0.25, 0.3) is 0 Å². The molecule has 12 heteroatoms. The standard InChI is InChI=1S/C32H43ClN2O9/c1-17(2)29(37)43-25-15-26(36)35(6)21-13-20(14-22(40-7)27(21)33)12-18(3)10-9-11-24(41-8)32(39)16-23(42-30(38)34-32)19(4)28-31(25,5)44-28/h9-11,13-14,17,19,23-25,28,39H,12,15-16H2,1-8H3,(H,34,38)/b11-9+,18-10+/t19?,23-,24?,25?,28-,31-,32-/m0/s1. The first-order valence-corrected chi connectivity index (χ1v) is 15.1. The van der Waals surface area contributed by atoms with E-state index in [1.54, 1.807) is 40.0 Å². The Hall–Kier alpha value is -3.12. The molecule has 0 aromatic heterocycles. The van der Waals surface area contributed by atoms with E-state index in [-0.39, 0.29) is 23.8 Å². The number of alkyl carbamates (subject to hydrolysis) is 1. The maximum Gasteiger partial charge on any atom is 0.409 e. The number of allylic oxidation sites excluding steroid dienone is 3. The number of carbonyl (C=O) groups excluding carboxylic acids is 3. The van der Waals surface area contributed by atoms with Gasteiger partial charge in [0.2, 0.25) is 5.91 Å². The van der Waals surface area contributed by atoms with Crippen molar-refractivity contribution in [2.45, 2.75) is 89.6 Å². The molecular formula is C32H43ClN2O9. The molecule has 7 atom stereocenters. The van der Waals surface area contributed by atoms with E-state index in [1.165, 1.54) is 19.1 Å². The normalized spacial score (nSPS) is 34.7. The number of carbonyl (C=O) groups is 3. The van der Waals surface area contributed by atoms with Crippen molar-refractivity contribution in [3.63, 3.8) is 0 Å². The van der Waals surface area contributed by atoms with Crippen molar-refractivity contribution in [2.75, 3.05) is 26.2 Å². The van der Waals surface area contributed by atoms with E-state index in [2.05, 4.69) is 5.32 Å². The van der Waals surface area contributed by atoms with Crippen LogP contribution >= 0.6 is 11.6 Å². The van der Waals surface area contributed by atoms with Crippen molar-refractivity contribution < 1.29 is 43.2 Å². The molecule has 0 aliphatic carbocycles. The van der Waals surface area contributed by atoms with E-state index in [1.807, 2.05) is 32.1 Å². The second kappa shape index (κ2) is 13.1. The van der Waals surface area contributed by atoms with Gasteiger partial charge in [-0.15, -0.1) is 0 Å². The van der Waals surface area contributed by atoms with Crippen LogP contribution in [-0.4, -0.2) is 80.1 Å². The summed E-state index contributed by atoms with van der Waals surface area (Å²) in [7, 11) is 4.56. The van der Waals surface area contributed by atoms with Gasteiger partial charge in [-0.3, -0.25) is 14.9 Å². The minimum absolute atomic E-state index is 0.00361. The number of aliphatic hydroxyl groups is 1. The summed E-state index contributed by atoms with van der Waals surface area (Å²) in [6.07, 6.45) is 1.65. The van der Waals surface area contributed by atoms with E-state index >= 15 is 0 Å². The minimum Gasteiger partial charge on any atom is -0.495 e. The van der Waals surface area contributed by atoms with E-state index in [9.17, 15) is 19.5 Å². The molecule has 0 radical (unpaired) electrons. The largest absolute Gasteiger partial charge is 0.495 e. The molecule has 2 N–H and O–H groups in total. The number of epoxide rings is 1. The summed E-state index contributed by atoms with van der Waals surface area (Å²) in [5, 5.41) is 14.4. The lowest BCUT2D eigenvalue weighted by Gasteiger charge is -2.42. The predicted molar refractivity (Wildman–Crippen MR) is 164 cm³/mol. The van der Waals surface area contributed by atoms with Gasteiger partial charge in [-0.05, 0) is 38.0 Å². The number of nitrogens with one attached hydrogen (secondary N) is 1. The van der Waals surface area contributed by atoms with E-state index in [0.717, 1.165) is 11.1 Å². The number of ether oxygens (including phenoxy) is 5. The number of anilines is 1. The molecule has 44 heavy (non-hydrogen) atoms. The summed E-state index contributed by atoms with van der Waals surface area (Å²) >= 11 is 6.68. The molecule has 3 aliphatic heterocycles. The van der Waals surface area contributed by atoms with Crippen molar-refractivity contribution in [1.82, 2.24) is 5.32 Å². The lowest BCUT2D eigenvalue weighted by Crippen LogP contribution is -2.63. The van der Waals surface area contributed by atoms with Crippen molar-refractivity contribution in [2.24, 2.45) is 11.8 Å². The number of hydrogen-bond acceptors (Lipinski definition) is 9. The van der Waals surface area contributed by atoms with Crippen LogP contribution in [0.2, 0.25) is 5.02 Å². The fraction of sp³-hybridized carbons (Fsp3) is 0.594. The van der Waals surface area contributed by atoms with Crippen LogP contribution in [0.1, 0.15) is 53.0 Å². The smallest absolute Gasteiger partial charge is 0.409 e. The van der Waals surface area contributed by atoms with Crippen LogP contribution < -0.4 is 15.0 Å². The Morgan fingerprint density at radius 1 is 1.25 bits per heavy atom. The number of methoxy groups -OCH3 is 2. The second-order valence-electron chi connectivity index (χ2n) is 12.4. The fourth-order valence-electron chi connectivity index (χ4n) is 5.88. The Morgan fingerprint density at radius 2 is 1.95 bits per heavy atom. The molecule has 242 valence electrons. The molecule has 0 spiro atoms. The number of nitrogens with zero attached hydrogens (tertiary/aromatic N) is 1. The molecule has 0 saturated carbocycles. The highest BCUT2D eigenvalue weighted by Crippen LogP contribution is 2.49. The molecule has 2 saturated heterocycles. The summed E-state index contributed by atoms with van der Waals surface area (Å²) in [6, 6.07) is 3.63. The predicted octanol–water partition coefficient (Wildman–Crippen LogP) is 4.32. The van der Waals surface area contributed by atoms with E-state index in [4.69, 9.17) is 35.3 Å². The molecule has 3 heterocycles. The van der Waals surface area contributed by atoms with Crippen LogP contribution in [0.4, 0.5) is 10.5 Å². The topological polar surface area (TPSA) is 136 Å². The monoisotopic (exact) mass is 634 g/mol. The lowest BCUT2D eigenvalue weighted by atomic mass is 9.83. The molecule has 3 unspecified atom stereocenters. The van der Waals surface area contributed by atoms with Gasteiger partial charge in [-0.25, -0.2) is 4.79 Å². The first-order chi connectivity index (χ1) is 20.6. The van der Waals surface area contributed by atoms with Crippen LogP contribution in [0.25, 0.3) is 0 Å². The van der Waals surface area contributed by atoms with Crippen LogP contribution in [-0.2, 0) is 35.0 Å². The van der Waals surface area contributed by atoms with Crippen molar-refractivity contribution in [3.8, 4) is 5.75 Å². The zero-order valence-electron chi connectivity index (χ0n) is 26.5. The average Bonchev–Trinajstić information content (AvgIpc) is 3.66. The molecule has 4 rings (SSSR count). The number of fused-ring (bicyclic) bond motifs is 5. The van der Waals surface area contributed by atoms with Gasteiger partial charge in [0.05, 0.1) is 31.2 Å². The van der Waals surface area contributed by atoms with Crippen LogP contribution in [0.3, 0.4) is 0 Å². The van der Waals surface area contributed by atoms with Gasteiger partial charge in [0.15, 0.2) is 5.72 Å². The molecule has 1 aromatic carbocycles. The quantitative estimate of drug-likeness (QED) is 0.366. The fourth-order valence-corrected chi connectivity index (χ4v) is 6.19. The van der Waals surface area contributed by atoms with E-state index < -0.39 is 59.6 Å². The van der Waals surface area contributed by atoms with Gasteiger partial charge >= 0.3 is 12.1 Å². The van der Waals surface area contributed by atoms with E-state index in [0.29, 0.717) is 17.9 Å². The number of rotatable bonds is 4. The van der Waals surface area contributed by atoms with Gasteiger partial charge in [-0.1, -0.05) is 56.2 Å². The second-order valence-corrected chi connectivity index (χ2v) is 12.8. The third-order valence-corrected chi connectivity index (χ3v) is 9.06. The highest BCUT2D eigenvalue weighted by molar-refractivity contribution is 6.35. The number of esters is 1. The van der Waals surface area contributed by atoms with Gasteiger partial charge < -0.3 is 33.7 Å². The first-order valence-electron chi connectivity index (χ1n) is 14.7. The number of hydrogen-bond donors (Lipinski definition) is 2. The Bertz CT molecular complexity index is 1350. The van der Waals surface area contributed by atoms with Gasteiger partial charge in [-0.2, -0.15) is 0 Å². The van der Waals surface area contributed by atoms with Crippen LogP contribution in [0, 0.1) is 11.8 Å². The van der Waals surface area contributed by atoms with Gasteiger partial charge in [0.1, 0.15) is 34.7 Å². The molecule has 2 fully saturated rings. The van der Waals surface area contributed by atoms with Crippen molar-refractivity contribution in [3.05, 3.63) is 46.5 Å². The molecule has 1 aromatic rings. The SMILES string of the molecule is COc1cc2cc(c1Cl)N(C)C(=O)CC(OC(=O)C(C)C)[C@]1(C)O[C@H]1C(C)[C@@H]1C[C@@](O)(NC(=O)O1)C(OC)/C=C/C=C(\C)C2. The zero-order chi connectivity index (χ0) is 32.6. The molecule has 4 bridgehead atoms. The molecule has 2 amide bonds. The first kappa shape index (κ1) is 33.8. The van der Waals surface area contributed by atoms with Gasteiger partial charge in [0, 0.05) is 26.5 Å². The highest BCUT2D eigenvalue weighted by atomic mass is 35.5. The lowest BCUT2D eigenvalue weighted by molar-refractivity contribution is -0.157. The van der Waals surface area contributed by atoms with Crippen LogP contribution in [0.15, 0.2) is 35.9 Å². The molecule has 11 nitrogen and oxygen atoms in total. The third kappa shape index (κ3) is 6.91. The Balaban J connectivity index is 1.80. The summed E-state index contributed by atoms with van der Waals surface area (Å²) in [5.41, 5.74) is -0.587. The number of amides is 2. The maximum absolute atomic E-state index is 13.8. The highest BCUT2D eigenvalue weighted by Gasteiger charge is 2.64. The Kier molecular flexibility index (Phi) is 10.0. The van der Waals surface area contributed by atoms with Crippen LogP contribution in [0.5, 0.6) is 5.75 Å². The summed E-state index contributed by atoms with van der Waals surface area (Å²) < 4.78 is 28.8. The summed E-state index contributed by atoms with van der Waals surface area (Å²) in [6.45, 7) is 8.95. The average molecular weight is 635 g/mol. The third-order valence-electron chi connectivity index (χ3n) is 8.68.